The van der Waals surface area contributed by atoms with E-state index in [1.165, 1.54) is 7.11 Å². The molecule has 0 aliphatic rings. The molecular formula is C34H42N4O4. The molecule has 42 heavy (non-hydrogen) atoms. The molecule has 2 amide bonds. The maximum Gasteiger partial charge on any atom is 0.351 e. The number of hydrogen-bond donors (Lipinski definition) is 1. The van der Waals surface area contributed by atoms with Gasteiger partial charge in [-0.3, -0.25) is 4.90 Å². The molecule has 0 saturated heterocycles. The Morgan fingerprint density at radius 3 is 2.36 bits per heavy atom. The summed E-state index contributed by atoms with van der Waals surface area (Å²) in [7, 11) is 3.03. The van der Waals surface area contributed by atoms with E-state index in [2.05, 4.69) is 29.8 Å². The second kappa shape index (κ2) is 15.1. The molecule has 1 N–H and O–H groups in total. The molecule has 222 valence electrons. The van der Waals surface area contributed by atoms with Crippen LogP contribution in [0.5, 0.6) is 5.75 Å². The van der Waals surface area contributed by atoms with E-state index >= 15 is 0 Å². The fraction of sp³-hybridized carbons (Fsp3) is 0.382. The number of methoxy groups -OCH3 is 1. The van der Waals surface area contributed by atoms with E-state index in [0.717, 1.165) is 72.2 Å². The number of hydrogen-bond acceptors (Lipinski definition) is 5. The average Bonchev–Trinajstić information content (AvgIpc) is 3.37. The minimum atomic E-state index is -0.848. The maximum absolute atomic E-state index is 12.8. The van der Waals surface area contributed by atoms with Crippen LogP contribution in [0, 0.1) is 0 Å². The predicted molar refractivity (Wildman–Crippen MR) is 167 cm³/mol. The average molecular weight is 571 g/mol. The van der Waals surface area contributed by atoms with Crippen LogP contribution in [0.1, 0.15) is 69.0 Å². The Balaban J connectivity index is 1.62. The Hall–Kier alpha value is -4.33. The molecule has 1 atom stereocenters. The lowest BCUT2D eigenvalue weighted by Gasteiger charge is -2.22. The highest BCUT2D eigenvalue weighted by Crippen LogP contribution is 2.27. The number of esters is 1. The largest absolute Gasteiger partial charge is 0.474 e. The zero-order valence-electron chi connectivity index (χ0n) is 25.1. The third kappa shape index (κ3) is 7.49. The Kier molecular flexibility index (Phi) is 11.0. The number of nitrogens with one attached hydrogen (secondary N) is 1. The minimum Gasteiger partial charge on any atom is -0.474 e. The van der Waals surface area contributed by atoms with Crippen molar-refractivity contribution in [2.75, 3.05) is 25.6 Å². The number of aryl methyl sites for hydroxylation is 1. The van der Waals surface area contributed by atoms with Crippen molar-refractivity contribution in [3.63, 3.8) is 0 Å². The number of carbonyl (C=O) groups excluding carboxylic acids is 2. The number of rotatable bonds is 14. The highest BCUT2D eigenvalue weighted by molar-refractivity contribution is 5.94. The fourth-order valence-corrected chi connectivity index (χ4v) is 5.01. The highest BCUT2D eigenvalue weighted by atomic mass is 16.6. The van der Waals surface area contributed by atoms with Crippen molar-refractivity contribution in [3.8, 4) is 5.75 Å². The first kappa shape index (κ1) is 30.6. The van der Waals surface area contributed by atoms with Gasteiger partial charge in [0, 0.05) is 37.8 Å². The second-order valence-electron chi connectivity index (χ2n) is 10.4. The smallest absolute Gasteiger partial charge is 0.351 e. The zero-order valence-corrected chi connectivity index (χ0v) is 25.1. The lowest BCUT2D eigenvalue weighted by molar-refractivity contribution is -0.149. The second-order valence-corrected chi connectivity index (χ2v) is 10.4. The number of nitrogens with zero attached hydrogens (tertiary/aromatic N) is 3. The molecule has 1 unspecified atom stereocenters. The third-order valence-corrected chi connectivity index (χ3v) is 7.36. The van der Waals surface area contributed by atoms with Crippen molar-refractivity contribution in [3.05, 3.63) is 89.7 Å². The van der Waals surface area contributed by atoms with Gasteiger partial charge in [-0.2, -0.15) is 0 Å². The van der Waals surface area contributed by atoms with Crippen LogP contribution in [0.25, 0.3) is 11.0 Å². The normalized spacial score (nSPS) is 11.7. The number of amides is 2. The van der Waals surface area contributed by atoms with E-state index in [1.54, 1.807) is 7.05 Å². The number of imidazole rings is 1. The number of urea groups is 1. The van der Waals surface area contributed by atoms with E-state index in [9.17, 15) is 9.59 Å². The van der Waals surface area contributed by atoms with Crippen LogP contribution in [0.3, 0.4) is 0 Å². The van der Waals surface area contributed by atoms with Crippen molar-refractivity contribution in [1.82, 2.24) is 14.9 Å². The van der Waals surface area contributed by atoms with E-state index in [0.29, 0.717) is 18.8 Å². The van der Waals surface area contributed by atoms with Gasteiger partial charge >= 0.3 is 12.0 Å². The minimum absolute atomic E-state index is 0.112. The molecule has 0 radical (unpaired) electrons. The zero-order chi connectivity index (χ0) is 29.9. The van der Waals surface area contributed by atoms with Crippen LogP contribution in [0.4, 0.5) is 10.5 Å². The van der Waals surface area contributed by atoms with Gasteiger partial charge in [-0.05, 0) is 48.7 Å². The third-order valence-electron chi connectivity index (χ3n) is 7.36. The maximum atomic E-state index is 12.8. The van der Waals surface area contributed by atoms with Gasteiger partial charge in [0.05, 0.1) is 18.1 Å². The molecule has 4 rings (SSSR count). The van der Waals surface area contributed by atoms with Gasteiger partial charge in [0.1, 0.15) is 11.6 Å². The van der Waals surface area contributed by atoms with Crippen LogP contribution in [-0.2, 0) is 22.5 Å². The van der Waals surface area contributed by atoms with Crippen molar-refractivity contribution >= 4 is 28.7 Å². The molecular weight excluding hydrogens is 528 g/mol. The topological polar surface area (TPSA) is 85.7 Å². The summed E-state index contributed by atoms with van der Waals surface area (Å²) in [6.45, 7) is 5.62. The summed E-state index contributed by atoms with van der Waals surface area (Å²) < 4.78 is 13.3. The molecule has 0 spiro atoms. The molecule has 1 aromatic heterocycles. The van der Waals surface area contributed by atoms with Gasteiger partial charge in [-0.1, -0.05) is 75.6 Å². The number of fused-ring (bicyclic) bond motifs is 1. The monoisotopic (exact) mass is 570 g/mol. The number of carbonyl (C=O) groups is 2. The summed E-state index contributed by atoms with van der Waals surface area (Å²) in [5.74, 6) is 1.15. The summed E-state index contributed by atoms with van der Waals surface area (Å²) in [4.78, 5) is 32.0. The first-order valence-corrected chi connectivity index (χ1v) is 14.9. The van der Waals surface area contributed by atoms with Gasteiger partial charge in [0.15, 0.2) is 0 Å². The van der Waals surface area contributed by atoms with Crippen LogP contribution >= 0.6 is 0 Å². The molecule has 0 bridgehead atoms. The number of aromatic nitrogens is 2. The summed E-state index contributed by atoms with van der Waals surface area (Å²) in [5, 5.41) is 2.79. The number of unbranched alkanes of at least 4 members (excludes halogenated alkanes) is 3. The summed E-state index contributed by atoms with van der Waals surface area (Å²) in [5.41, 5.74) is 4.58. The summed E-state index contributed by atoms with van der Waals surface area (Å²) in [6.07, 6.45) is 5.24. The number of anilines is 1. The van der Waals surface area contributed by atoms with Crippen molar-refractivity contribution in [2.24, 2.45) is 0 Å². The molecule has 4 aromatic rings. The van der Waals surface area contributed by atoms with Gasteiger partial charge in [-0.25, -0.2) is 14.6 Å². The first-order valence-electron chi connectivity index (χ1n) is 14.9. The van der Waals surface area contributed by atoms with E-state index in [1.807, 2.05) is 71.6 Å². The Bertz CT molecular complexity index is 1450. The van der Waals surface area contributed by atoms with Crippen LogP contribution in [0.15, 0.2) is 72.8 Å². The Morgan fingerprint density at radius 2 is 1.69 bits per heavy atom. The quantitative estimate of drug-likeness (QED) is 0.130. The van der Waals surface area contributed by atoms with E-state index in [4.69, 9.17) is 14.5 Å². The molecule has 0 fully saturated rings. The van der Waals surface area contributed by atoms with Crippen molar-refractivity contribution in [1.29, 1.82) is 0 Å². The standard InChI is InChI=1S/C34H42N4O4/c1-5-7-12-22-37(34(40)35-3)27-18-21-29-30(23-27)38(31(36-29)15-8-6-2)24-25-16-19-28(20-17-25)42-32(33(39)41-4)26-13-10-9-11-14-26/h9-11,13-14,16-21,23,32H,5-8,12,15,22,24H2,1-4H3,(H,35,40). The van der Waals surface area contributed by atoms with Gasteiger partial charge < -0.3 is 19.4 Å². The SMILES string of the molecule is CCCCCN(C(=O)NC)c1ccc2nc(CCCC)n(Cc3ccc(OC(C(=O)OC)c4ccccc4)cc3)c2c1. The molecule has 3 aromatic carbocycles. The molecule has 0 aliphatic heterocycles. The molecule has 8 heteroatoms. The highest BCUT2D eigenvalue weighted by Gasteiger charge is 2.23. The first-order chi connectivity index (χ1) is 20.5. The van der Waals surface area contributed by atoms with Crippen LogP contribution < -0.4 is 15.0 Å². The Morgan fingerprint density at radius 1 is 0.952 bits per heavy atom. The summed E-state index contributed by atoms with van der Waals surface area (Å²) in [6, 6.07) is 23.1. The lowest BCUT2D eigenvalue weighted by Crippen LogP contribution is -2.38. The van der Waals surface area contributed by atoms with Crippen molar-refractivity contribution in [2.45, 2.75) is 65.0 Å². The molecule has 8 nitrogen and oxygen atoms in total. The van der Waals surface area contributed by atoms with Crippen LogP contribution in [-0.4, -0.2) is 42.3 Å². The Labute approximate surface area is 248 Å². The van der Waals surface area contributed by atoms with Gasteiger partial charge in [0.25, 0.3) is 0 Å². The fourth-order valence-electron chi connectivity index (χ4n) is 5.01. The molecule has 0 aliphatic carbocycles. The van der Waals surface area contributed by atoms with E-state index < -0.39 is 12.1 Å². The van der Waals surface area contributed by atoms with Crippen molar-refractivity contribution < 1.29 is 19.1 Å². The summed E-state index contributed by atoms with van der Waals surface area (Å²) >= 11 is 0. The number of benzene rings is 3. The lowest BCUT2D eigenvalue weighted by atomic mass is 10.1. The number of ether oxygens (including phenoxy) is 2. The van der Waals surface area contributed by atoms with Crippen LogP contribution in [0.2, 0.25) is 0 Å². The molecule has 0 saturated carbocycles. The molecule has 1 heterocycles. The van der Waals surface area contributed by atoms with E-state index in [-0.39, 0.29) is 6.03 Å². The van der Waals surface area contributed by atoms with Gasteiger partial charge in [0.2, 0.25) is 6.10 Å². The predicted octanol–water partition coefficient (Wildman–Crippen LogP) is 7.06. The van der Waals surface area contributed by atoms with Gasteiger partial charge in [-0.15, -0.1) is 0 Å².